The Morgan fingerprint density at radius 1 is 1.56 bits per heavy atom. The van der Waals surface area contributed by atoms with E-state index in [0.717, 1.165) is 10.4 Å². The van der Waals surface area contributed by atoms with Crippen LogP contribution in [0.2, 0.25) is 0 Å². The fourth-order valence-electron chi connectivity index (χ4n) is 1.91. The Kier molecular flexibility index (Phi) is 4.14. The van der Waals surface area contributed by atoms with Crippen LogP contribution in [0.4, 0.5) is 0 Å². The Hall–Kier alpha value is -0.780. The number of nitrogens with zero attached hydrogens (tertiary/aromatic N) is 1. The minimum absolute atomic E-state index is 0.290. The second kappa shape index (κ2) is 5.47. The van der Waals surface area contributed by atoms with Crippen molar-refractivity contribution in [3.8, 4) is 0 Å². The van der Waals surface area contributed by atoms with Gasteiger partial charge in [0.15, 0.2) is 4.84 Å². The Bertz CT molecular complexity index is 475. The van der Waals surface area contributed by atoms with Crippen molar-refractivity contribution in [3.05, 3.63) is 21.9 Å². The molecule has 1 unspecified atom stereocenters. The molecule has 1 amide bonds. The van der Waals surface area contributed by atoms with Crippen molar-refractivity contribution < 1.29 is 14.3 Å². The smallest absolute Gasteiger partial charge is 0.303 e. The average molecular weight is 308 g/mol. The van der Waals surface area contributed by atoms with E-state index in [2.05, 4.69) is 0 Å². The van der Waals surface area contributed by atoms with Crippen molar-refractivity contribution in [2.75, 3.05) is 6.54 Å². The van der Waals surface area contributed by atoms with E-state index in [1.165, 1.54) is 23.2 Å². The van der Waals surface area contributed by atoms with Crippen LogP contribution < -0.4 is 0 Å². The highest BCUT2D eigenvalue weighted by Crippen LogP contribution is 2.33. The van der Waals surface area contributed by atoms with Gasteiger partial charge in [-0.25, -0.2) is 0 Å². The number of thiophene rings is 1. The number of hydrogen-bond acceptors (Lipinski definition) is 4. The molecule has 1 atom stereocenters. The van der Waals surface area contributed by atoms with E-state index in [1.807, 2.05) is 11.4 Å². The lowest BCUT2D eigenvalue weighted by Gasteiger charge is -2.32. The van der Waals surface area contributed by atoms with Crippen LogP contribution in [-0.4, -0.2) is 28.2 Å². The van der Waals surface area contributed by atoms with Crippen molar-refractivity contribution in [3.63, 3.8) is 0 Å². The van der Waals surface area contributed by atoms with Crippen LogP contribution in [0.3, 0.4) is 0 Å². The number of esters is 1. The molecule has 0 N–H and O–H groups in total. The molecule has 2 heterocycles. The summed E-state index contributed by atoms with van der Waals surface area (Å²) in [6.07, 6.45) is -0.437. The first-order chi connectivity index (χ1) is 8.49. The van der Waals surface area contributed by atoms with Crippen LogP contribution in [0, 0.1) is 0 Å². The highest BCUT2D eigenvalue weighted by Gasteiger charge is 2.32. The van der Waals surface area contributed by atoms with Gasteiger partial charge in [-0.1, -0.05) is 23.2 Å². The van der Waals surface area contributed by atoms with E-state index in [0.29, 0.717) is 6.54 Å². The topological polar surface area (TPSA) is 46.6 Å². The first-order valence-electron chi connectivity index (χ1n) is 5.29. The van der Waals surface area contributed by atoms with Crippen LogP contribution in [0.15, 0.2) is 11.4 Å². The van der Waals surface area contributed by atoms with Gasteiger partial charge in [0.25, 0.3) is 5.91 Å². The summed E-state index contributed by atoms with van der Waals surface area (Å²) in [5.41, 5.74) is 0.958. The van der Waals surface area contributed by atoms with Gasteiger partial charge in [0, 0.05) is 17.4 Å². The lowest BCUT2D eigenvalue weighted by Crippen LogP contribution is -2.41. The summed E-state index contributed by atoms with van der Waals surface area (Å²) in [7, 11) is 0. The van der Waals surface area contributed by atoms with E-state index >= 15 is 0 Å². The summed E-state index contributed by atoms with van der Waals surface area (Å²) in [6.45, 7) is 2.09. The number of rotatable bonds is 2. The molecule has 7 heteroatoms. The zero-order valence-electron chi connectivity index (χ0n) is 9.56. The number of amides is 1. The summed E-state index contributed by atoms with van der Waals surface area (Å²) in [5.74, 6) is -0.741. The molecule has 1 aliphatic rings. The molecule has 0 saturated carbocycles. The number of carbonyl (C=O) groups excluding carboxylic acids is 2. The van der Waals surface area contributed by atoms with Crippen LogP contribution >= 0.6 is 34.5 Å². The van der Waals surface area contributed by atoms with Gasteiger partial charge >= 0.3 is 5.97 Å². The van der Waals surface area contributed by atoms with Gasteiger partial charge in [0.2, 0.25) is 0 Å². The fourth-order valence-corrected chi connectivity index (χ4v) is 3.13. The molecule has 18 heavy (non-hydrogen) atoms. The third-order valence-corrected chi connectivity index (χ3v) is 3.95. The normalized spacial score (nSPS) is 18.7. The Labute approximate surface area is 118 Å². The van der Waals surface area contributed by atoms with Gasteiger partial charge in [0.05, 0.1) is 13.1 Å². The zero-order valence-corrected chi connectivity index (χ0v) is 11.9. The van der Waals surface area contributed by atoms with Crippen LogP contribution in [0.5, 0.6) is 0 Å². The van der Waals surface area contributed by atoms with Crippen molar-refractivity contribution in [1.82, 2.24) is 4.90 Å². The molecule has 0 spiro atoms. The molecule has 0 fully saturated rings. The van der Waals surface area contributed by atoms with Gasteiger partial charge in [-0.3, -0.25) is 9.59 Å². The summed E-state index contributed by atoms with van der Waals surface area (Å²) in [4.78, 5) is 24.3. The maximum atomic E-state index is 11.8. The van der Waals surface area contributed by atoms with Gasteiger partial charge in [-0.2, -0.15) is 0 Å². The second-order valence-electron chi connectivity index (χ2n) is 3.92. The second-order valence-corrected chi connectivity index (χ2v) is 6.01. The summed E-state index contributed by atoms with van der Waals surface area (Å²) >= 11 is 12.7. The Morgan fingerprint density at radius 3 is 2.89 bits per heavy atom. The van der Waals surface area contributed by atoms with Crippen molar-refractivity contribution in [2.45, 2.75) is 24.4 Å². The fraction of sp³-hybridized carbons (Fsp3) is 0.455. The summed E-state index contributed by atoms with van der Waals surface area (Å²) in [6, 6.07) is 1.91. The van der Waals surface area contributed by atoms with Gasteiger partial charge in [0.1, 0.15) is 6.10 Å². The van der Waals surface area contributed by atoms with E-state index in [4.69, 9.17) is 27.9 Å². The molecule has 0 aliphatic carbocycles. The van der Waals surface area contributed by atoms with Crippen LogP contribution in [0.25, 0.3) is 0 Å². The minimum Gasteiger partial charge on any atom is -0.456 e. The number of carbonyl (C=O) groups is 2. The van der Waals surface area contributed by atoms with E-state index < -0.39 is 10.9 Å². The molecule has 1 aromatic rings. The largest absolute Gasteiger partial charge is 0.456 e. The van der Waals surface area contributed by atoms with Gasteiger partial charge in [-0.15, -0.1) is 11.3 Å². The van der Waals surface area contributed by atoms with Crippen LogP contribution in [-0.2, 0) is 20.9 Å². The predicted molar refractivity (Wildman–Crippen MR) is 69.7 cm³/mol. The van der Waals surface area contributed by atoms with E-state index in [-0.39, 0.29) is 18.4 Å². The molecule has 4 nitrogen and oxygen atoms in total. The summed E-state index contributed by atoms with van der Waals surface area (Å²) < 4.78 is 5.22. The molecule has 0 radical (unpaired) electrons. The molecule has 1 aromatic heterocycles. The maximum Gasteiger partial charge on any atom is 0.303 e. The highest BCUT2D eigenvalue weighted by molar-refractivity contribution is 7.10. The molecule has 0 saturated heterocycles. The molecule has 1 aliphatic heterocycles. The number of alkyl halides is 2. The highest BCUT2D eigenvalue weighted by atomic mass is 35.5. The first kappa shape index (κ1) is 13.6. The maximum absolute atomic E-state index is 11.8. The number of hydrogen-bond donors (Lipinski definition) is 0. The molecule has 2 rings (SSSR count). The summed E-state index contributed by atoms with van der Waals surface area (Å²) in [5, 5.41) is 1.91. The third kappa shape index (κ3) is 2.79. The quantitative estimate of drug-likeness (QED) is 0.623. The van der Waals surface area contributed by atoms with Gasteiger partial charge in [-0.05, 0) is 11.4 Å². The Balaban J connectivity index is 2.22. The molecule has 0 aromatic carbocycles. The van der Waals surface area contributed by atoms with E-state index in [9.17, 15) is 9.59 Å². The van der Waals surface area contributed by atoms with Gasteiger partial charge < -0.3 is 9.64 Å². The SMILES string of the molecule is CC(=O)OC1CN(C(=O)C(Cl)Cl)Cc2sccc21. The molecular weight excluding hydrogens is 297 g/mol. The average Bonchev–Trinajstić information content (AvgIpc) is 2.75. The molecular formula is C11H11Cl2NO3S. The zero-order chi connectivity index (χ0) is 13.3. The third-order valence-electron chi connectivity index (χ3n) is 2.65. The van der Waals surface area contributed by atoms with Crippen molar-refractivity contribution in [2.24, 2.45) is 0 Å². The van der Waals surface area contributed by atoms with Crippen molar-refractivity contribution >= 4 is 46.4 Å². The monoisotopic (exact) mass is 307 g/mol. The Morgan fingerprint density at radius 2 is 2.28 bits per heavy atom. The minimum atomic E-state index is -1.09. The molecule has 0 bridgehead atoms. The molecule has 98 valence electrons. The first-order valence-corrected chi connectivity index (χ1v) is 7.04. The number of fused-ring (bicyclic) bond motifs is 1. The van der Waals surface area contributed by atoms with Crippen molar-refractivity contribution in [1.29, 1.82) is 0 Å². The number of ether oxygens (including phenoxy) is 1. The van der Waals surface area contributed by atoms with Crippen LogP contribution in [0.1, 0.15) is 23.5 Å². The standard InChI is InChI=1S/C11H11Cl2NO3S/c1-6(15)17-8-4-14(11(16)10(12)13)5-9-7(8)2-3-18-9/h2-3,8,10H,4-5H2,1H3. The predicted octanol–water partition coefficient (Wildman–Crippen LogP) is 2.50. The number of halogens is 2. The lowest BCUT2D eigenvalue weighted by atomic mass is 10.1. The lowest BCUT2D eigenvalue weighted by molar-refractivity contribution is -0.151. The van der Waals surface area contributed by atoms with E-state index in [1.54, 1.807) is 0 Å².